The molecule has 1 aromatic rings. The number of nitrogens with one attached hydrogen (secondary N) is 1. The molecule has 0 aromatic heterocycles. The van der Waals surface area contributed by atoms with Crippen LogP contribution in [0, 0.1) is 5.92 Å². The van der Waals surface area contributed by atoms with E-state index in [2.05, 4.69) is 21.2 Å². The van der Waals surface area contributed by atoms with Crippen molar-refractivity contribution < 1.29 is 9.53 Å². The van der Waals surface area contributed by atoms with Gasteiger partial charge < -0.3 is 10.1 Å². The summed E-state index contributed by atoms with van der Waals surface area (Å²) < 4.78 is 6.28. The van der Waals surface area contributed by atoms with E-state index in [1.54, 1.807) is 7.11 Å². The molecular formula is C15H20BrNO2. The first-order valence-electron chi connectivity index (χ1n) is 6.74. The van der Waals surface area contributed by atoms with Gasteiger partial charge in [0.2, 0.25) is 0 Å². The summed E-state index contributed by atoms with van der Waals surface area (Å²) >= 11 is 3.43. The van der Waals surface area contributed by atoms with Crippen LogP contribution in [0.5, 0.6) is 5.75 Å². The minimum atomic E-state index is 0.295. The molecule has 1 unspecified atom stereocenters. The highest BCUT2D eigenvalue weighted by atomic mass is 79.9. The Hall–Kier alpha value is -0.870. The van der Waals surface area contributed by atoms with E-state index < -0.39 is 0 Å². The standard InChI is InChI=1S/C15H20BrNO2/c1-19-15-5-3-13(16)8-12(15)9-14(18)4-2-11-6-7-17-10-11/h3,5,8,11,17H,2,4,6-7,9-10H2,1H3. The number of ether oxygens (including phenoxy) is 1. The highest BCUT2D eigenvalue weighted by Crippen LogP contribution is 2.24. The second-order valence-corrected chi connectivity index (χ2v) is 5.98. The van der Waals surface area contributed by atoms with E-state index in [4.69, 9.17) is 4.74 Å². The van der Waals surface area contributed by atoms with Crippen LogP contribution in [0.4, 0.5) is 0 Å². The molecule has 1 heterocycles. The summed E-state index contributed by atoms with van der Waals surface area (Å²) in [4.78, 5) is 12.1. The van der Waals surface area contributed by atoms with Gasteiger partial charge in [0.1, 0.15) is 11.5 Å². The van der Waals surface area contributed by atoms with Crippen molar-refractivity contribution >= 4 is 21.7 Å². The van der Waals surface area contributed by atoms with Crippen LogP contribution in [0.1, 0.15) is 24.8 Å². The van der Waals surface area contributed by atoms with E-state index in [-0.39, 0.29) is 0 Å². The van der Waals surface area contributed by atoms with Gasteiger partial charge in [0, 0.05) is 22.9 Å². The molecule has 0 bridgehead atoms. The van der Waals surface area contributed by atoms with Gasteiger partial charge in [0.05, 0.1) is 7.11 Å². The Kier molecular flexibility index (Phi) is 5.40. The molecule has 1 saturated heterocycles. The van der Waals surface area contributed by atoms with Gasteiger partial charge in [-0.25, -0.2) is 0 Å². The zero-order valence-corrected chi connectivity index (χ0v) is 12.8. The van der Waals surface area contributed by atoms with Crippen LogP contribution in [0.3, 0.4) is 0 Å². The van der Waals surface area contributed by atoms with Gasteiger partial charge in [-0.05, 0) is 50.0 Å². The number of Topliss-reactive ketones (excluding diaryl/α,β-unsaturated/α-hetero) is 1. The summed E-state index contributed by atoms with van der Waals surface area (Å²) in [5.74, 6) is 1.76. The number of methoxy groups -OCH3 is 1. The minimum Gasteiger partial charge on any atom is -0.496 e. The number of carbonyl (C=O) groups excluding carboxylic acids is 1. The zero-order valence-electron chi connectivity index (χ0n) is 11.2. The third-order valence-corrected chi connectivity index (χ3v) is 4.12. The van der Waals surface area contributed by atoms with E-state index in [0.717, 1.165) is 35.3 Å². The van der Waals surface area contributed by atoms with Gasteiger partial charge in [0.25, 0.3) is 0 Å². The van der Waals surface area contributed by atoms with Crippen molar-refractivity contribution in [1.29, 1.82) is 0 Å². The van der Waals surface area contributed by atoms with Crippen LogP contribution >= 0.6 is 15.9 Å². The number of carbonyl (C=O) groups is 1. The van der Waals surface area contributed by atoms with Crippen LogP contribution in [0.2, 0.25) is 0 Å². The van der Waals surface area contributed by atoms with Crippen LogP contribution in [0.25, 0.3) is 0 Å². The molecule has 1 aliphatic heterocycles. The van der Waals surface area contributed by atoms with Crippen LogP contribution < -0.4 is 10.1 Å². The quantitative estimate of drug-likeness (QED) is 0.873. The first kappa shape index (κ1) is 14.5. The molecule has 0 amide bonds. The number of ketones is 1. The summed E-state index contributed by atoms with van der Waals surface area (Å²) in [7, 11) is 1.64. The lowest BCUT2D eigenvalue weighted by Crippen LogP contribution is -2.11. The molecule has 1 aromatic carbocycles. The first-order valence-corrected chi connectivity index (χ1v) is 7.53. The second kappa shape index (κ2) is 7.06. The van der Waals surface area contributed by atoms with Gasteiger partial charge in [-0.3, -0.25) is 4.79 Å². The SMILES string of the molecule is COc1ccc(Br)cc1CC(=O)CCC1CCNC1. The Morgan fingerprint density at radius 3 is 3.05 bits per heavy atom. The molecule has 104 valence electrons. The van der Waals surface area contributed by atoms with Crippen molar-refractivity contribution in [2.75, 3.05) is 20.2 Å². The van der Waals surface area contributed by atoms with Crippen LogP contribution in [-0.4, -0.2) is 26.0 Å². The molecule has 3 nitrogen and oxygen atoms in total. The van der Waals surface area contributed by atoms with Gasteiger partial charge in [0.15, 0.2) is 0 Å². The molecule has 0 saturated carbocycles. The van der Waals surface area contributed by atoms with Gasteiger partial charge >= 0.3 is 0 Å². The molecule has 1 aliphatic rings. The maximum absolute atomic E-state index is 12.1. The summed E-state index contributed by atoms with van der Waals surface area (Å²) in [6, 6.07) is 5.79. The van der Waals surface area contributed by atoms with Crippen LogP contribution in [-0.2, 0) is 11.2 Å². The normalized spacial score (nSPS) is 18.5. The molecule has 1 N–H and O–H groups in total. The van der Waals surface area contributed by atoms with Gasteiger partial charge in [-0.1, -0.05) is 15.9 Å². The third-order valence-electron chi connectivity index (χ3n) is 3.62. The number of hydrogen-bond donors (Lipinski definition) is 1. The molecule has 0 radical (unpaired) electrons. The smallest absolute Gasteiger partial charge is 0.137 e. The average molecular weight is 326 g/mol. The van der Waals surface area contributed by atoms with Crippen molar-refractivity contribution in [2.45, 2.75) is 25.7 Å². The number of rotatable bonds is 6. The Balaban J connectivity index is 1.88. The van der Waals surface area contributed by atoms with E-state index in [0.29, 0.717) is 24.5 Å². The molecule has 4 heteroatoms. The number of halogens is 1. The van der Waals surface area contributed by atoms with Crippen molar-refractivity contribution in [1.82, 2.24) is 5.32 Å². The number of hydrogen-bond acceptors (Lipinski definition) is 3. The Morgan fingerprint density at radius 2 is 2.37 bits per heavy atom. The molecule has 0 spiro atoms. The fraction of sp³-hybridized carbons (Fsp3) is 0.533. The van der Waals surface area contributed by atoms with E-state index in [1.165, 1.54) is 6.42 Å². The second-order valence-electron chi connectivity index (χ2n) is 5.07. The lowest BCUT2D eigenvalue weighted by atomic mass is 9.98. The van der Waals surface area contributed by atoms with E-state index in [9.17, 15) is 4.79 Å². The average Bonchev–Trinajstić information content (AvgIpc) is 2.90. The molecule has 2 rings (SSSR count). The van der Waals surface area contributed by atoms with Gasteiger partial charge in [-0.15, -0.1) is 0 Å². The maximum atomic E-state index is 12.1. The minimum absolute atomic E-state index is 0.295. The van der Waals surface area contributed by atoms with Crippen molar-refractivity contribution in [3.63, 3.8) is 0 Å². The summed E-state index contributed by atoms with van der Waals surface area (Å²) in [5, 5.41) is 3.33. The van der Waals surface area contributed by atoms with Gasteiger partial charge in [-0.2, -0.15) is 0 Å². The molecule has 1 fully saturated rings. The fourth-order valence-corrected chi connectivity index (χ4v) is 2.92. The topological polar surface area (TPSA) is 38.3 Å². The Labute approximate surface area is 122 Å². The molecule has 1 atom stereocenters. The zero-order chi connectivity index (χ0) is 13.7. The number of benzene rings is 1. The van der Waals surface area contributed by atoms with Crippen molar-refractivity contribution in [3.8, 4) is 5.75 Å². The lowest BCUT2D eigenvalue weighted by Gasteiger charge is -2.10. The van der Waals surface area contributed by atoms with E-state index in [1.807, 2.05) is 18.2 Å². The van der Waals surface area contributed by atoms with E-state index >= 15 is 0 Å². The summed E-state index contributed by atoms with van der Waals surface area (Å²) in [6.45, 7) is 2.16. The first-order chi connectivity index (χ1) is 9.19. The highest BCUT2D eigenvalue weighted by molar-refractivity contribution is 9.10. The van der Waals surface area contributed by atoms with Crippen molar-refractivity contribution in [2.24, 2.45) is 5.92 Å². The molecular weight excluding hydrogens is 306 g/mol. The van der Waals surface area contributed by atoms with Crippen molar-refractivity contribution in [3.05, 3.63) is 28.2 Å². The highest BCUT2D eigenvalue weighted by Gasteiger charge is 2.16. The molecule has 19 heavy (non-hydrogen) atoms. The monoisotopic (exact) mass is 325 g/mol. The largest absolute Gasteiger partial charge is 0.496 e. The maximum Gasteiger partial charge on any atom is 0.137 e. The third kappa shape index (κ3) is 4.32. The lowest BCUT2D eigenvalue weighted by molar-refractivity contribution is -0.118. The van der Waals surface area contributed by atoms with Crippen LogP contribution in [0.15, 0.2) is 22.7 Å². The summed E-state index contributed by atoms with van der Waals surface area (Å²) in [6.07, 6.45) is 3.33. The Bertz CT molecular complexity index is 442. The predicted molar refractivity (Wildman–Crippen MR) is 79.6 cm³/mol. The fourth-order valence-electron chi connectivity index (χ4n) is 2.51. The Morgan fingerprint density at radius 1 is 1.53 bits per heavy atom. The summed E-state index contributed by atoms with van der Waals surface area (Å²) in [5.41, 5.74) is 0.964. The molecule has 0 aliphatic carbocycles. The predicted octanol–water partition coefficient (Wildman–Crippen LogP) is 2.96.